The van der Waals surface area contributed by atoms with Crippen LogP contribution in [-0.4, -0.2) is 38.2 Å². The monoisotopic (exact) mass is 310 g/mol. The highest BCUT2D eigenvalue weighted by Gasteiger charge is 2.23. The minimum absolute atomic E-state index is 0.0321. The van der Waals surface area contributed by atoms with E-state index < -0.39 is 4.92 Å². The molecule has 22 heavy (non-hydrogen) atoms. The fraction of sp³-hybridized carbons (Fsp3) is 0.533. The number of hydrogen-bond donors (Lipinski definition) is 1. The van der Waals surface area contributed by atoms with Gasteiger partial charge in [0.15, 0.2) is 0 Å². The van der Waals surface area contributed by atoms with Gasteiger partial charge in [0.2, 0.25) is 5.91 Å². The van der Waals surface area contributed by atoms with E-state index in [0.29, 0.717) is 37.3 Å². The molecule has 0 spiro atoms. The summed E-state index contributed by atoms with van der Waals surface area (Å²) in [5.74, 6) is 0.313. The smallest absolute Gasteiger partial charge is 0.273 e. The Balaban J connectivity index is 2.97. The zero-order valence-corrected chi connectivity index (χ0v) is 13.1. The Morgan fingerprint density at radius 1 is 1.41 bits per heavy atom. The Bertz CT molecular complexity index is 519. The van der Waals surface area contributed by atoms with Crippen molar-refractivity contribution in [1.29, 1.82) is 0 Å². The Kier molecular flexibility index (Phi) is 7.31. The molecule has 7 nitrogen and oxygen atoms in total. The highest BCUT2D eigenvalue weighted by Crippen LogP contribution is 2.32. The van der Waals surface area contributed by atoms with Crippen LogP contribution in [0.1, 0.15) is 31.2 Å². The Morgan fingerprint density at radius 2 is 2.14 bits per heavy atom. The van der Waals surface area contributed by atoms with Crippen LogP contribution < -0.4 is 10.1 Å². The lowest BCUT2D eigenvalue weighted by Gasteiger charge is -2.17. The quantitative estimate of drug-likeness (QED) is 0.558. The number of carbonyl (C=O) groups is 1. The van der Waals surface area contributed by atoms with Crippen molar-refractivity contribution >= 4 is 11.6 Å². The number of amides is 1. The van der Waals surface area contributed by atoms with Crippen LogP contribution in [0.25, 0.3) is 0 Å². The number of nitrogens with one attached hydrogen (secondary N) is 1. The van der Waals surface area contributed by atoms with Crippen molar-refractivity contribution in [3.8, 4) is 5.75 Å². The van der Waals surface area contributed by atoms with E-state index in [-0.39, 0.29) is 17.5 Å². The van der Waals surface area contributed by atoms with Crippen LogP contribution in [0.2, 0.25) is 0 Å². The number of carbonyl (C=O) groups excluding carboxylic acids is 1. The molecule has 0 fully saturated rings. The normalized spacial score (nSPS) is 11.8. The maximum absolute atomic E-state index is 11.3. The lowest BCUT2D eigenvalue weighted by molar-refractivity contribution is -0.385. The first-order valence-corrected chi connectivity index (χ1v) is 7.11. The van der Waals surface area contributed by atoms with Gasteiger partial charge < -0.3 is 14.8 Å². The molecule has 0 heterocycles. The summed E-state index contributed by atoms with van der Waals surface area (Å²) >= 11 is 0. The summed E-state index contributed by atoms with van der Waals surface area (Å²) < 4.78 is 10.3. The summed E-state index contributed by atoms with van der Waals surface area (Å²) in [5, 5.41) is 14.0. The molecule has 0 saturated heterocycles. The zero-order valence-electron chi connectivity index (χ0n) is 13.1. The lowest BCUT2D eigenvalue weighted by Crippen LogP contribution is -2.25. The standard InChI is InChI=1S/C15H22N2O5/c1-4-15(18)16-8-7-11(10-21-2)13-9-12(22-3)5-6-14(13)17(19)20/h5-6,9,11H,4,7-8,10H2,1-3H3,(H,16,18). The molecule has 1 amide bonds. The molecule has 7 heteroatoms. The van der Waals surface area contributed by atoms with Gasteiger partial charge in [0.25, 0.3) is 5.69 Å². The summed E-state index contributed by atoms with van der Waals surface area (Å²) in [6.45, 7) is 2.54. The van der Waals surface area contributed by atoms with Gasteiger partial charge in [-0.05, 0) is 18.6 Å². The van der Waals surface area contributed by atoms with E-state index in [9.17, 15) is 14.9 Å². The lowest BCUT2D eigenvalue weighted by atomic mass is 9.94. The zero-order chi connectivity index (χ0) is 16.5. The van der Waals surface area contributed by atoms with Crippen molar-refractivity contribution in [3.63, 3.8) is 0 Å². The van der Waals surface area contributed by atoms with Crippen LogP contribution in [0, 0.1) is 10.1 Å². The maximum Gasteiger partial charge on any atom is 0.273 e. The SMILES string of the molecule is CCC(=O)NCCC(COC)c1cc(OC)ccc1[N+](=O)[O-]. The first-order valence-electron chi connectivity index (χ1n) is 7.11. The van der Waals surface area contributed by atoms with Gasteiger partial charge in [-0.15, -0.1) is 0 Å². The molecule has 1 N–H and O–H groups in total. The number of rotatable bonds is 9. The molecule has 1 rings (SSSR count). The highest BCUT2D eigenvalue weighted by atomic mass is 16.6. The molecule has 122 valence electrons. The van der Waals surface area contributed by atoms with E-state index in [4.69, 9.17) is 9.47 Å². The Morgan fingerprint density at radius 3 is 2.68 bits per heavy atom. The Hall–Kier alpha value is -2.15. The van der Waals surface area contributed by atoms with Crippen molar-refractivity contribution < 1.29 is 19.2 Å². The minimum atomic E-state index is -0.415. The van der Waals surface area contributed by atoms with Crippen LogP contribution in [0.15, 0.2) is 18.2 Å². The van der Waals surface area contributed by atoms with Crippen molar-refractivity contribution in [2.75, 3.05) is 27.4 Å². The predicted octanol–water partition coefficient (Wildman–Crippen LogP) is 2.25. The van der Waals surface area contributed by atoms with Crippen molar-refractivity contribution in [2.24, 2.45) is 0 Å². The number of methoxy groups -OCH3 is 2. The van der Waals surface area contributed by atoms with Gasteiger partial charge in [0.05, 0.1) is 18.6 Å². The third-order valence-electron chi connectivity index (χ3n) is 3.38. The molecule has 1 aromatic rings. The van der Waals surface area contributed by atoms with Gasteiger partial charge in [-0.25, -0.2) is 0 Å². The summed E-state index contributed by atoms with van der Waals surface area (Å²) in [5.41, 5.74) is 0.585. The number of benzene rings is 1. The average Bonchev–Trinajstić information content (AvgIpc) is 2.53. The number of nitro groups is 1. The van der Waals surface area contributed by atoms with Crippen molar-refractivity contribution in [1.82, 2.24) is 5.32 Å². The highest BCUT2D eigenvalue weighted by molar-refractivity contribution is 5.75. The summed E-state index contributed by atoms with van der Waals surface area (Å²) in [7, 11) is 3.06. The van der Waals surface area contributed by atoms with Crippen LogP contribution >= 0.6 is 0 Å². The van der Waals surface area contributed by atoms with Crippen LogP contribution in [-0.2, 0) is 9.53 Å². The van der Waals surface area contributed by atoms with Gasteiger partial charge >= 0.3 is 0 Å². The third kappa shape index (κ3) is 5.00. The number of hydrogen-bond acceptors (Lipinski definition) is 5. The molecule has 1 aromatic carbocycles. The van der Waals surface area contributed by atoms with Crippen LogP contribution in [0.4, 0.5) is 5.69 Å². The molecule has 0 radical (unpaired) electrons. The molecular formula is C15H22N2O5. The van der Waals surface area contributed by atoms with E-state index >= 15 is 0 Å². The molecule has 0 saturated carbocycles. The van der Waals surface area contributed by atoms with Gasteiger partial charge in [0, 0.05) is 37.6 Å². The molecule has 0 aliphatic heterocycles. The molecule has 0 bridgehead atoms. The topological polar surface area (TPSA) is 90.7 Å². The second-order valence-electron chi connectivity index (χ2n) is 4.83. The minimum Gasteiger partial charge on any atom is -0.497 e. The van der Waals surface area contributed by atoms with Crippen molar-refractivity contribution in [2.45, 2.75) is 25.7 Å². The molecule has 0 aliphatic carbocycles. The molecular weight excluding hydrogens is 288 g/mol. The average molecular weight is 310 g/mol. The first-order chi connectivity index (χ1) is 10.5. The summed E-state index contributed by atoms with van der Waals surface area (Å²) in [6, 6.07) is 4.65. The number of ether oxygens (including phenoxy) is 2. The third-order valence-corrected chi connectivity index (χ3v) is 3.38. The van der Waals surface area contributed by atoms with E-state index in [1.165, 1.54) is 13.2 Å². The van der Waals surface area contributed by atoms with E-state index in [1.54, 1.807) is 26.2 Å². The Labute approximate surface area is 129 Å². The maximum atomic E-state index is 11.3. The summed E-state index contributed by atoms with van der Waals surface area (Å²) in [4.78, 5) is 22.1. The van der Waals surface area contributed by atoms with Gasteiger partial charge in [-0.3, -0.25) is 14.9 Å². The van der Waals surface area contributed by atoms with E-state index in [2.05, 4.69) is 5.32 Å². The second kappa shape index (κ2) is 8.99. The molecule has 0 aromatic heterocycles. The van der Waals surface area contributed by atoms with Gasteiger partial charge in [-0.1, -0.05) is 6.92 Å². The second-order valence-corrected chi connectivity index (χ2v) is 4.83. The van der Waals surface area contributed by atoms with Crippen LogP contribution in [0.5, 0.6) is 5.75 Å². The fourth-order valence-electron chi connectivity index (χ4n) is 2.19. The molecule has 1 atom stereocenters. The number of nitro benzene ring substituents is 1. The van der Waals surface area contributed by atoms with E-state index in [0.717, 1.165) is 0 Å². The van der Waals surface area contributed by atoms with Crippen LogP contribution in [0.3, 0.4) is 0 Å². The summed E-state index contributed by atoms with van der Waals surface area (Å²) in [6.07, 6.45) is 0.960. The predicted molar refractivity (Wildman–Crippen MR) is 82.2 cm³/mol. The molecule has 0 aliphatic rings. The number of nitrogens with zero attached hydrogens (tertiary/aromatic N) is 1. The largest absolute Gasteiger partial charge is 0.497 e. The van der Waals surface area contributed by atoms with E-state index in [1.807, 2.05) is 0 Å². The fourth-order valence-corrected chi connectivity index (χ4v) is 2.19. The van der Waals surface area contributed by atoms with Crippen molar-refractivity contribution in [3.05, 3.63) is 33.9 Å². The molecule has 1 unspecified atom stereocenters. The van der Waals surface area contributed by atoms with Gasteiger partial charge in [0.1, 0.15) is 5.75 Å². The van der Waals surface area contributed by atoms with Gasteiger partial charge in [-0.2, -0.15) is 0 Å². The first kappa shape index (κ1) is 17.9.